The van der Waals surface area contributed by atoms with Crippen LogP contribution in [0.15, 0.2) is 198 Å². The number of hydrogen-bond acceptors (Lipinski definition) is 1. The Hall–Kier alpha value is -6.70. The molecule has 1 heterocycles. The van der Waals surface area contributed by atoms with E-state index in [1.165, 1.54) is 0 Å². The molecule has 0 aliphatic heterocycles. The number of rotatable bonds is 5. The van der Waals surface area contributed by atoms with E-state index in [0.29, 0.717) is 49.4 Å². The summed E-state index contributed by atoms with van der Waals surface area (Å²) >= 11 is 0. The first-order chi connectivity index (χ1) is 31.6. The Morgan fingerprint density at radius 3 is 1.57 bits per heavy atom. The molecule has 0 bridgehead atoms. The van der Waals surface area contributed by atoms with Gasteiger partial charge in [0.15, 0.2) is 0 Å². The lowest BCUT2D eigenvalue weighted by atomic mass is 9.83. The van der Waals surface area contributed by atoms with Crippen LogP contribution in [-0.4, -0.2) is 0 Å². The highest BCUT2D eigenvalue weighted by Crippen LogP contribution is 2.48. The lowest BCUT2D eigenvalue weighted by molar-refractivity contribution is 0.669. The van der Waals surface area contributed by atoms with E-state index in [9.17, 15) is 6.85 Å². The number of furan rings is 1. The summed E-state index contributed by atoms with van der Waals surface area (Å²) < 4.78 is 140. The van der Waals surface area contributed by atoms with Crippen molar-refractivity contribution >= 4 is 43.5 Å². The molecule has 0 saturated carbocycles. The van der Waals surface area contributed by atoms with Gasteiger partial charge >= 0.3 is 0 Å². The van der Waals surface area contributed by atoms with Crippen LogP contribution in [0.25, 0.3) is 99.1 Å². The molecule has 0 aliphatic carbocycles. The lowest BCUT2D eigenvalue weighted by Crippen LogP contribution is -1.93. The van der Waals surface area contributed by atoms with Crippen molar-refractivity contribution in [1.29, 1.82) is 0 Å². The third-order valence-electron chi connectivity index (χ3n) is 9.22. The fourth-order valence-corrected chi connectivity index (χ4v) is 6.97. The molecule has 238 valence electrons. The van der Waals surface area contributed by atoms with Gasteiger partial charge in [0.1, 0.15) is 11.2 Å². The smallest absolute Gasteiger partial charge is 0.136 e. The Morgan fingerprint density at radius 1 is 0.333 bits per heavy atom. The molecule has 0 aliphatic rings. The van der Waals surface area contributed by atoms with Gasteiger partial charge in [-0.1, -0.05) is 176 Å². The van der Waals surface area contributed by atoms with Gasteiger partial charge in [-0.05, 0) is 95.3 Å². The first-order valence-corrected chi connectivity index (χ1v) is 16.3. The second kappa shape index (κ2) is 12.0. The molecule has 0 spiro atoms. The molecular weight excluding hydrogens is 617 g/mol. The molecule has 1 heteroatoms. The van der Waals surface area contributed by atoms with E-state index in [1.54, 1.807) is 103 Å². The molecule has 0 amide bonds. The van der Waals surface area contributed by atoms with Crippen molar-refractivity contribution in [2.45, 2.75) is 0 Å². The highest BCUT2D eigenvalue weighted by Gasteiger charge is 2.21. The number of hydrogen-bond donors (Lipinski definition) is 0. The maximum atomic E-state index is 9.53. The molecule has 10 rings (SSSR count). The van der Waals surface area contributed by atoms with E-state index in [-0.39, 0.29) is 86.0 Å². The molecular formula is C50H32O. The molecule has 10 aromatic rings. The largest absolute Gasteiger partial charge is 0.456 e. The zero-order chi connectivity index (χ0) is 46.8. The van der Waals surface area contributed by atoms with Crippen LogP contribution in [0.1, 0.15) is 20.6 Å². The SMILES string of the molecule is [2H]c1c([2H])c([2H])c(-c2ccc(-c3c([2H])c([2H])c([2H])c([2H])c3-c3c4ccccc4c(-c4c([2H])c([2H])c([2H])c5oc6c([2H])c(-c7ccccc7)c([2H])c([2H])c6c45)c4ccccc34)cc2)c([2H])c1[2H]. The number of benzene rings is 9. The van der Waals surface area contributed by atoms with Crippen LogP contribution in [-0.2, 0) is 0 Å². The Morgan fingerprint density at radius 2 is 0.882 bits per heavy atom. The van der Waals surface area contributed by atoms with Gasteiger partial charge in [-0.3, -0.25) is 0 Å². The van der Waals surface area contributed by atoms with Crippen molar-refractivity contribution in [3.8, 4) is 55.6 Å². The fraction of sp³-hybridized carbons (Fsp3) is 0. The van der Waals surface area contributed by atoms with Gasteiger partial charge in [0.05, 0.1) is 20.6 Å². The summed E-state index contributed by atoms with van der Waals surface area (Å²) in [5.74, 6) is 0. The van der Waals surface area contributed by atoms with Crippen LogP contribution in [0.3, 0.4) is 0 Å². The van der Waals surface area contributed by atoms with E-state index >= 15 is 0 Å². The summed E-state index contributed by atoms with van der Waals surface area (Å²) in [6.45, 7) is 0. The van der Waals surface area contributed by atoms with Gasteiger partial charge in [-0.15, -0.1) is 0 Å². The highest BCUT2D eigenvalue weighted by atomic mass is 16.3. The molecule has 0 atom stereocenters. The van der Waals surface area contributed by atoms with Crippen molar-refractivity contribution in [3.63, 3.8) is 0 Å². The van der Waals surface area contributed by atoms with Crippen LogP contribution >= 0.6 is 0 Å². The normalized spacial score (nSPS) is 15.6. The van der Waals surface area contributed by atoms with E-state index in [0.717, 1.165) is 0 Å². The summed E-state index contributed by atoms with van der Waals surface area (Å²) in [5.41, 5.74) is 2.34. The minimum atomic E-state index is -0.529. The first-order valence-electron chi connectivity index (χ1n) is 23.8. The molecule has 1 aromatic heterocycles. The Labute approximate surface area is 317 Å². The zero-order valence-electron chi connectivity index (χ0n) is 41.7. The van der Waals surface area contributed by atoms with E-state index < -0.39 is 54.4 Å². The van der Waals surface area contributed by atoms with Crippen LogP contribution in [0, 0.1) is 0 Å². The van der Waals surface area contributed by atoms with Gasteiger partial charge in [0.25, 0.3) is 0 Å². The van der Waals surface area contributed by atoms with Crippen molar-refractivity contribution in [3.05, 3.63) is 194 Å². The highest BCUT2D eigenvalue weighted by molar-refractivity contribution is 6.26. The molecule has 9 aromatic carbocycles. The maximum Gasteiger partial charge on any atom is 0.136 e. The quantitative estimate of drug-likeness (QED) is 0.167. The molecule has 0 unspecified atom stereocenters. The molecule has 0 fully saturated rings. The van der Waals surface area contributed by atoms with Gasteiger partial charge < -0.3 is 4.42 Å². The van der Waals surface area contributed by atoms with E-state index in [2.05, 4.69) is 0 Å². The van der Waals surface area contributed by atoms with E-state index in [1.807, 2.05) is 0 Å². The number of fused-ring (bicyclic) bond motifs is 5. The zero-order valence-corrected chi connectivity index (χ0v) is 26.7. The molecule has 0 saturated heterocycles. The summed E-state index contributed by atoms with van der Waals surface area (Å²) in [6.07, 6.45) is 0. The molecule has 1 nitrogen and oxygen atoms in total. The van der Waals surface area contributed by atoms with Crippen LogP contribution in [0.2, 0.25) is 0 Å². The van der Waals surface area contributed by atoms with Gasteiger partial charge in [-0.2, -0.15) is 0 Å². The Balaban J connectivity index is 1.31. The second-order valence-corrected chi connectivity index (χ2v) is 12.0. The predicted octanol–water partition coefficient (Wildman–Crippen LogP) is 14.2. The third-order valence-corrected chi connectivity index (χ3v) is 9.22. The van der Waals surface area contributed by atoms with Crippen LogP contribution < -0.4 is 0 Å². The average Bonchev–Trinajstić information content (AvgIpc) is 3.73. The van der Waals surface area contributed by atoms with Crippen molar-refractivity contribution < 1.29 is 25.0 Å². The predicted molar refractivity (Wildman–Crippen MR) is 216 cm³/mol. The standard InChI is InChI=1S/C50H32O/c1-3-14-33(15-4-1)35-26-28-36(29-27-35)38-18-7-8-19-39(38)48-40-20-9-11-22-42(40)49(43-23-12-10-21-41(43)48)45-24-13-25-46-50(45)44-31-30-37(32-47(44)51-46)34-16-5-2-6-17-34/h1-32H/i1D,3D,4D,7D,8D,13D,14D,15D,18D,19D,24D,25D,30D,31D,32D. The van der Waals surface area contributed by atoms with Gasteiger partial charge in [0, 0.05) is 10.8 Å². The topological polar surface area (TPSA) is 13.1 Å². The fourth-order valence-electron chi connectivity index (χ4n) is 6.97. The minimum absolute atomic E-state index is 0.0232. The van der Waals surface area contributed by atoms with Crippen LogP contribution in [0.5, 0.6) is 0 Å². The Kier molecular flexibility index (Phi) is 4.19. The van der Waals surface area contributed by atoms with Gasteiger partial charge in [0.2, 0.25) is 0 Å². The summed E-state index contributed by atoms with van der Waals surface area (Å²) in [5, 5.41) is 2.14. The molecule has 0 N–H and O–H groups in total. The first kappa shape index (κ1) is 17.8. The summed E-state index contributed by atoms with van der Waals surface area (Å²) in [4.78, 5) is 0. The monoisotopic (exact) mass is 663 g/mol. The van der Waals surface area contributed by atoms with Crippen LogP contribution in [0.4, 0.5) is 0 Å². The summed E-state index contributed by atoms with van der Waals surface area (Å²) in [7, 11) is 0. The maximum absolute atomic E-state index is 9.53. The average molecular weight is 664 g/mol. The molecule has 51 heavy (non-hydrogen) atoms. The Bertz CT molecular complexity index is 3660. The molecule has 0 radical (unpaired) electrons. The van der Waals surface area contributed by atoms with Crippen molar-refractivity contribution in [1.82, 2.24) is 0 Å². The summed E-state index contributed by atoms with van der Waals surface area (Å²) in [6, 6.07) is 23.3. The minimum Gasteiger partial charge on any atom is -0.456 e. The van der Waals surface area contributed by atoms with E-state index in [4.69, 9.17) is 18.1 Å². The second-order valence-electron chi connectivity index (χ2n) is 12.0. The third kappa shape index (κ3) is 4.86. The van der Waals surface area contributed by atoms with Crippen molar-refractivity contribution in [2.75, 3.05) is 0 Å². The lowest BCUT2D eigenvalue weighted by Gasteiger charge is -2.20. The van der Waals surface area contributed by atoms with Gasteiger partial charge in [-0.25, -0.2) is 0 Å². The van der Waals surface area contributed by atoms with Crippen molar-refractivity contribution in [2.24, 2.45) is 0 Å².